The molecule has 4 rings (SSSR count). The summed E-state index contributed by atoms with van der Waals surface area (Å²) in [6.45, 7) is 8.07. The molecule has 0 bridgehead atoms. The summed E-state index contributed by atoms with van der Waals surface area (Å²) in [5.74, 6) is 0. The Labute approximate surface area is 172 Å². The van der Waals surface area contributed by atoms with Gasteiger partial charge in [0, 0.05) is 33.8 Å². The maximum absolute atomic E-state index is 14.5. The summed E-state index contributed by atoms with van der Waals surface area (Å²) < 4.78 is 26.9. The van der Waals surface area contributed by atoms with Gasteiger partial charge in [-0.25, -0.2) is 0 Å². The Hall–Kier alpha value is -2.20. The van der Waals surface area contributed by atoms with Crippen molar-refractivity contribution >= 4 is 35.6 Å². The van der Waals surface area contributed by atoms with E-state index in [0.717, 1.165) is 16.1 Å². The fraction of sp³-hybridized carbons (Fsp3) is 0.261. The first-order valence-corrected chi connectivity index (χ1v) is 11.5. The van der Waals surface area contributed by atoms with E-state index in [9.17, 15) is 4.57 Å². The van der Waals surface area contributed by atoms with Gasteiger partial charge >= 0.3 is 7.12 Å². The molecule has 0 amide bonds. The zero-order chi connectivity index (χ0) is 20.7. The lowest BCUT2D eigenvalue weighted by atomic mass is 9.80. The van der Waals surface area contributed by atoms with Gasteiger partial charge in [0.15, 0.2) is 7.14 Å². The highest BCUT2D eigenvalue weighted by Gasteiger charge is 2.52. The maximum Gasteiger partial charge on any atom is 0.496 e. The van der Waals surface area contributed by atoms with Crippen molar-refractivity contribution < 1.29 is 13.9 Å². The SMILES string of the molecule is CC1(C)OB(c2cncc(P(=O)(c3ccccc3)c3ccccc3)c2)OC1(C)C. The minimum Gasteiger partial charge on any atom is -0.399 e. The van der Waals surface area contributed by atoms with Crippen LogP contribution >= 0.6 is 7.14 Å². The molecule has 0 spiro atoms. The first kappa shape index (κ1) is 20.1. The molecular weight excluding hydrogens is 380 g/mol. The van der Waals surface area contributed by atoms with Crippen molar-refractivity contribution in [3.05, 3.63) is 79.1 Å². The van der Waals surface area contributed by atoms with Crippen molar-refractivity contribution in [1.82, 2.24) is 4.98 Å². The second-order valence-corrected chi connectivity index (χ2v) is 11.1. The van der Waals surface area contributed by atoms with E-state index in [-0.39, 0.29) is 0 Å². The fourth-order valence-electron chi connectivity index (χ4n) is 3.45. The molecule has 0 N–H and O–H groups in total. The Kier molecular flexibility index (Phi) is 5.02. The van der Waals surface area contributed by atoms with E-state index in [1.807, 2.05) is 94.4 Å². The molecule has 0 saturated carbocycles. The zero-order valence-corrected chi connectivity index (χ0v) is 18.1. The van der Waals surface area contributed by atoms with Crippen molar-refractivity contribution in [3.8, 4) is 0 Å². The number of hydrogen-bond donors (Lipinski definition) is 0. The van der Waals surface area contributed by atoms with Crippen LogP contribution in [-0.4, -0.2) is 23.3 Å². The molecule has 2 heterocycles. The van der Waals surface area contributed by atoms with Crippen molar-refractivity contribution in [3.63, 3.8) is 0 Å². The lowest BCUT2D eigenvalue weighted by molar-refractivity contribution is 0.00578. The number of pyridine rings is 1. The molecule has 3 aromatic rings. The molecule has 29 heavy (non-hydrogen) atoms. The quantitative estimate of drug-likeness (QED) is 0.495. The third-order valence-electron chi connectivity index (χ3n) is 5.87. The van der Waals surface area contributed by atoms with Crippen molar-refractivity contribution in [2.45, 2.75) is 38.9 Å². The largest absolute Gasteiger partial charge is 0.496 e. The highest BCUT2D eigenvalue weighted by Crippen LogP contribution is 2.42. The number of nitrogens with zero attached hydrogens (tertiary/aromatic N) is 1. The molecule has 148 valence electrons. The number of benzene rings is 2. The molecule has 0 unspecified atom stereocenters. The van der Waals surface area contributed by atoms with Crippen molar-refractivity contribution in [2.24, 2.45) is 0 Å². The highest BCUT2D eigenvalue weighted by atomic mass is 31.2. The summed E-state index contributed by atoms with van der Waals surface area (Å²) in [7, 11) is -3.63. The smallest absolute Gasteiger partial charge is 0.399 e. The van der Waals surface area contributed by atoms with Crippen LogP contribution < -0.4 is 21.4 Å². The van der Waals surface area contributed by atoms with Gasteiger partial charge in [0.25, 0.3) is 0 Å². The molecule has 1 saturated heterocycles. The van der Waals surface area contributed by atoms with E-state index < -0.39 is 25.5 Å². The lowest BCUT2D eigenvalue weighted by Crippen LogP contribution is -2.41. The summed E-state index contributed by atoms with van der Waals surface area (Å²) in [6.07, 6.45) is 3.42. The Balaban J connectivity index is 1.82. The third kappa shape index (κ3) is 3.48. The molecule has 0 atom stereocenters. The monoisotopic (exact) mass is 405 g/mol. The molecule has 6 heteroatoms. The van der Waals surface area contributed by atoms with Crippen molar-refractivity contribution in [2.75, 3.05) is 0 Å². The number of rotatable bonds is 4. The fourth-order valence-corrected chi connectivity index (χ4v) is 6.09. The van der Waals surface area contributed by atoms with Gasteiger partial charge in [-0.1, -0.05) is 60.7 Å². The Morgan fingerprint density at radius 2 is 1.24 bits per heavy atom. The van der Waals surface area contributed by atoms with Crippen LogP contribution in [0.5, 0.6) is 0 Å². The molecule has 0 radical (unpaired) electrons. The molecule has 1 fully saturated rings. The standard InChI is InChI=1S/C23H25BNO3P/c1-22(2)23(3,4)28-24(27-22)18-15-21(17-25-16-18)29(26,19-11-7-5-8-12-19)20-13-9-6-10-14-20/h5-17H,1-4H3. The predicted octanol–water partition coefficient (Wildman–Crippen LogP) is 3.02. The van der Waals surface area contributed by atoms with Crippen molar-refractivity contribution in [1.29, 1.82) is 0 Å². The predicted molar refractivity (Wildman–Crippen MR) is 119 cm³/mol. The van der Waals surface area contributed by atoms with Gasteiger partial charge in [-0.2, -0.15) is 0 Å². The summed E-state index contributed by atoms with van der Waals surface area (Å²) >= 11 is 0. The van der Waals surface area contributed by atoms with E-state index in [0.29, 0.717) is 5.30 Å². The summed E-state index contributed by atoms with van der Waals surface area (Å²) in [4.78, 5) is 4.41. The molecule has 1 aliphatic heterocycles. The Morgan fingerprint density at radius 1 is 0.759 bits per heavy atom. The van der Waals surface area contributed by atoms with Crippen LogP contribution in [0, 0.1) is 0 Å². The van der Waals surface area contributed by atoms with E-state index >= 15 is 0 Å². The average molecular weight is 405 g/mol. The van der Waals surface area contributed by atoms with E-state index in [1.54, 1.807) is 12.4 Å². The normalized spacial score (nSPS) is 18.0. The van der Waals surface area contributed by atoms with Gasteiger partial charge in [0.1, 0.15) is 0 Å². The average Bonchev–Trinajstić information content (AvgIpc) is 2.96. The number of hydrogen-bond acceptors (Lipinski definition) is 4. The molecule has 1 aliphatic rings. The Bertz CT molecular complexity index is 994. The van der Waals surface area contributed by atoms with E-state index in [2.05, 4.69) is 4.98 Å². The van der Waals surface area contributed by atoms with Gasteiger partial charge in [-0.05, 0) is 33.8 Å². The van der Waals surface area contributed by atoms with Crippen LogP contribution in [0.15, 0.2) is 79.1 Å². The first-order valence-electron chi connectivity index (χ1n) is 9.76. The van der Waals surface area contributed by atoms with Gasteiger partial charge < -0.3 is 13.9 Å². The molecule has 0 aliphatic carbocycles. The summed E-state index contributed by atoms with van der Waals surface area (Å²) in [6, 6.07) is 21.1. The second-order valence-electron chi connectivity index (χ2n) is 8.35. The van der Waals surface area contributed by atoms with Gasteiger partial charge in [0.05, 0.1) is 11.2 Å². The summed E-state index contributed by atoms with van der Waals surface area (Å²) in [5.41, 5.74) is -0.125. The molecule has 2 aromatic carbocycles. The van der Waals surface area contributed by atoms with Gasteiger partial charge in [0.2, 0.25) is 0 Å². The molecule has 1 aromatic heterocycles. The molecular formula is C23H25BNO3P. The van der Waals surface area contributed by atoms with Crippen LogP contribution in [0.2, 0.25) is 0 Å². The first-order chi connectivity index (χ1) is 13.7. The van der Waals surface area contributed by atoms with Crippen LogP contribution in [0.1, 0.15) is 27.7 Å². The highest BCUT2D eigenvalue weighted by molar-refractivity contribution is 7.85. The van der Waals surface area contributed by atoms with Gasteiger partial charge in [-0.3, -0.25) is 4.98 Å². The van der Waals surface area contributed by atoms with Crippen LogP contribution in [0.4, 0.5) is 0 Å². The van der Waals surface area contributed by atoms with Crippen LogP contribution in [0.3, 0.4) is 0 Å². The maximum atomic E-state index is 14.5. The lowest BCUT2D eigenvalue weighted by Gasteiger charge is -2.32. The van der Waals surface area contributed by atoms with E-state index in [4.69, 9.17) is 9.31 Å². The third-order valence-corrected chi connectivity index (χ3v) is 8.90. The zero-order valence-electron chi connectivity index (χ0n) is 17.2. The van der Waals surface area contributed by atoms with Crippen LogP contribution in [0.25, 0.3) is 0 Å². The van der Waals surface area contributed by atoms with E-state index in [1.165, 1.54) is 0 Å². The minimum atomic E-state index is -3.08. The Morgan fingerprint density at radius 3 is 1.72 bits per heavy atom. The van der Waals surface area contributed by atoms with Crippen LogP contribution in [-0.2, 0) is 13.9 Å². The number of aromatic nitrogens is 1. The second kappa shape index (κ2) is 7.25. The van der Waals surface area contributed by atoms with Gasteiger partial charge in [-0.15, -0.1) is 0 Å². The summed E-state index contributed by atoms with van der Waals surface area (Å²) in [5, 5.41) is 2.22. The topological polar surface area (TPSA) is 48.4 Å². The minimum absolute atomic E-state index is 0.448. The molecule has 4 nitrogen and oxygen atoms in total.